The molecule has 3 aliphatic rings. The third-order valence-corrected chi connectivity index (χ3v) is 5.78. The fourth-order valence-electron chi connectivity index (χ4n) is 4.66. The van der Waals surface area contributed by atoms with Gasteiger partial charge in [0.2, 0.25) is 0 Å². The Bertz CT molecular complexity index is 449. The van der Waals surface area contributed by atoms with E-state index in [-0.39, 0.29) is 0 Å². The van der Waals surface area contributed by atoms with E-state index in [2.05, 4.69) is 20.1 Å². The van der Waals surface area contributed by atoms with E-state index in [9.17, 15) is 0 Å². The summed E-state index contributed by atoms with van der Waals surface area (Å²) in [6.07, 6.45) is 15.6. The quantitative estimate of drug-likeness (QED) is 0.899. The van der Waals surface area contributed by atoms with Crippen LogP contribution < -0.4 is 5.32 Å². The first-order valence-electron chi connectivity index (χ1n) is 8.57. The van der Waals surface area contributed by atoms with E-state index in [1.165, 1.54) is 70.0 Å². The summed E-state index contributed by atoms with van der Waals surface area (Å²) in [6.45, 7) is 0. The van der Waals surface area contributed by atoms with E-state index in [0.29, 0.717) is 12.1 Å². The van der Waals surface area contributed by atoms with Crippen LogP contribution >= 0.6 is 0 Å². The van der Waals surface area contributed by atoms with Gasteiger partial charge in [-0.3, -0.25) is 0 Å². The zero-order chi connectivity index (χ0) is 13.4. The molecular formula is C16H26N4. The van der Waals surface area contributed by atoms with Crippen molar-refractivity contribution < 1.29 is 0 Å². The molecule has 110 valence electrons. The summed E-state index contributed by atoms with van der Waals surface area (Å²) in [5.74, 6) is 2.13. The molecule has 2 saturated carbocycles. The van der Waals surface area contributed by atoms with Gasteiger partial charge in [0.25, 0.3) is 0 Å². The maximum Gasteiger partial charge on any atom is 0.150 e. The summed E-state index contributed by atoms with van der Waals surface area (Å²) in [7, 11) is 0. The summed E-state index contributed by atoms with van der Waals surface area (Å²) in [5.41, 5.74) is 0. The summed E-state index contributed by atoms with van der Waals surface area (Å²) < 4.78 is 2.38. The number of nitrogens with one attached hydrogen (secondary N) is 1. The van der Waals surface area contributed by atoms with Crippen molar-refractivity contribution in [2.24, 2.45) is 5.92 Å². The third-order valence-electron chi connectivity index (χ3n) is 5.78. The van der Waals surface area contributed by atoms with Gasteiger partial charge in [-0.1, -0.05) is 25.7 Å². The maximum absolute atomic E-state index is 4.47. The molecule has 0 bridgehead atoms. The number of rotatable bonds is 2. The summed E-state index contributed by atoms with van der Waals surface area (Å²) >= 11 is 0. The fraction of sp³-hybridized carbons (Fsp3) is 0.875. The first-order chi connectivity index (χ1) is 9.92. The second-order valence-corrected chi connectivity index (χ2v) is 6.98. The minimum Gasteiger partial charge on any atom is -0.313 e. The van der Waals surface area contributed by atoms with Gasteiger partial charge in [-0.05, 0) is 44.4 Å². The molecule has 4 heteroatoms. The highest BCUT2D eigenvalue weighted by Crippen LogP contribution is 2.38. The molecule has 4 nitrogen and oxygen atoms in total. The van der Waals surface area contributed by atoms with Gasteiger partial charge in [0.15, 0.2) is 0 Å². The Morgan fingerprint density at radius 2 is 1.75 bits per heavy atom. The summed E-state index contributed by atoms with van der Waals surface area (Å²) in [5, 5.41) is 12.6. The molecule has 3 atom stereocenters. The van der Waals surface area contributed by atoms with Crippen LogP contribution in [0.15, 0.2) is 6.33 Å². The molecule has 2 heterocycles. The Morgan fingerprint density at radius 1 is 0.950 bits per heavy atom. The number of hydrogen-bond donors (Lipinski definition) is 1. The molecular weight excluding hydrogens is 248 g/mol. The average molecular weight is 274 g/mol. The van der Waals surface area contributed by atoms with E-state index >= 15 is 0 Å². The zero-order valence-corrected chi connectivity index (χ0v) is 12.3. The van der Waals surface area contributed by atoms with Gasteiger partial charge < -0.3 is 9.88 Å². The van der Waals surface area contributed by atoms with E-state index in [1.54, 1.807) is 0 Å². The smallest absolute Gasteiger partial charge is 0.150 e. The topological polar surface area (TPSA) is 42.7 Å². The molecule has 1 saturated heterocycles. The molecule has 3 fully saturated rings. The normalized spacial score (nSPS) is 35.1. The van der Waals surface area contributed by atoms with Crippen molar-refractivity contribution in [3.05, 3.63) is 12.2 Å². The molecule has 0 aromatic carbocycles. The average Bonchev–Trinajstić information content (AvgIpc) is 3.17. The highest BCUT2D eigenvalue weighted by molar-refractivity contribution is 5.02. The van der Waals surface area contributed by atoms with Crippen LogP contribution in [0.4, 0.5) is 0 Å². The van der Waals surface area contributed by atoms with Crippen LogP contribution in [0.25, 0.3) is 0 Å². The third kappa shape index (κ3) is 2.28. The first kappa shape index (κ1) is 12.8. The van der Waals surface area contributed by atoms with E-state index in [4.69, 9.17) is 0 Å². The van der Waals surface area contributed by atoms with Crippen molar-refractivity contribution in [3.63, 3.8) is 0 Å². The lowest BCUT2D eigenvalue weighted by atomic mass is 9.77. The Morgan fingerprint density at radius 3 is 2.65 bits per heavy atom. The van der Waals surface area contributed by atoms with Crippen molar-refractivity contribution >= 4 is 0 Å². The van der Waals surface area contributed by atoms with Crippen molar-refractivity contribution in [1.29, 1.82) is 0 Å². The molecule has 2 aliphatic carbocycles. The van der Waals surface area contributed by atoms with Gasteiger partial charge in [-0.25, -0.2) is 0 Å². The van der Waals surface area contributed by atoms with Crippen molar-refractivity contribution in [3.8, 4) is 0 Å². The lowest BCUT2D eigenvalue weighted by Gasteiger charge is -2.40. The van der Waals surface area contributed by atoms with Crippen LogP contribution in [-0.2, 0) is 0 Å². The van der Waals surface area contributed by atoms with Crippen LogP contribution in [0.5, 0.6) is 0 Å². The predicted molar refractivity (Wildman–Crippen MR) is 78.4 cm³/mol. The van der Waals surface area contributed by atoms with Crippen molar-refractivity contribution in [1.82, 2.24) is 20.1 Å². The fourth-order valence-corrected chi connectivity index (χ4v) is 4.66. The molecule has 4 rings (SSSR count). The molecule has 0 amide bonds. The summed E-state index contributed by atoms with van der Waals surface area (Å²) in [6, 6.07) is 1.83. The van der Waals surface area contributed by atoms with Gasteiger partial charge in [0.05, 0.1) is 6.04 Å². The number of hydrogen-bond acceptors (Lipinski definition) is 3. The lowest BCUT2D eigenvalue weighted by Crippen LogP contribution is -2.45. The first-order valence-corrected chi connectivity index (χ1v) is 8.57. The van der Waals surface area contributed by atoms with E-state index < -0.39 is 0 Å². The van der Waals surface area contributed by atoms with Gasteiger partial charge >= 0.3 is 0 Å². The number of aromatic nitrogens is 3. The van der Waals surface area contributed by atoms with Crippen LogP contribution in [-0.4, -0.2) is 20.8 Å². The molecule has 1 aromatic rings. The minimum absolute atomic E-state index is 0.442. The Hall–Kier alpha value is -0.900. The number of piperidine rings is 1. The second kappa shape index (κ2) is 5.47. The molecule has 1 aromatic heterocycles. The van der Waals surface area contributed by atoms with Crippen LogP contribution in [0.2, 0.25) is 0 Å². The van der Waals surface area contributed by atoms with Crippen LogP contribution in [0.1, 0.15) is 82.1 Å². The maximum atomic E-state index is 4.47. The SMILES string of the molecule is c1nnc(C2CCC3CCCCC3N2)n1C1CCCC1. The van der Waals surface area contributed by atoms with Gasteiger partial charge in [0, 0.05) is 12.1 Å². The number of nitrogens with zero attached hydrogens (tertiary/aromatic N) is 3. The highest BCUT2D eigenvalue weighted by Gasteiger charge is 2.34. The largest absolute Gasteiger partial charge is 0.313 e. The Balaban J connectivity index is 1.51. The predicted octanol–water partition coefficient (Wildman–Crippen LogP) is 3.38. The van der Waals surface area contributed by atoms with E-state index in [1.807, 2.05) is 6.33 Å². The highest BCUT2D eigenvalue weighted by atomic mass is 15.3. The minimum atomic E-state index is 0.442. The molecule has 20 heavy (non-hydrogen) atoms. The van der Waals surface area contributed by atoms with Crippen LogP contribution in [0.3, 0.4) is 0 Å². The monoisotopic (exact) mass is 274 g/mol. The van der Waals surface area contributed by atoms with Gasteiger partial charge in [-0.15, -0.1) is 10.2 Å². The molecule has 0 spiro atoms. The second-order valence-electron chi connectivity index (χ2n) is 6.98. The van der Waals surface area contributed by atoms with Crippen molar-refractivity contribution in [2.75, 3.05) is 0 Å². The van der Waals surface area contributed by atoms with Gasteiger partial charge in [-0.2, -0.15) is 0 Å². The zero-order valence-electron chi connectivity index (χ0n) is 12.3. The number of fused-ring (bicyclic) bond motifs is 1. The molecule has 3 unspecified atom stereocenters. The van der Waals surface area contributed by atoms with Crippen LogP contribution in [0, 0.1) is 5.92 Å². The van der Waals surface area contributed by atoms with E-state index in [0.717, 1.165) is 12.0 Å². The standard InChI is InChI=1S/C16H26N4/c1-4-8-14-12(5-1)9-10-15(18-14)16-19-17-11-20(16)13-6-2-3-7-13/h11-15,18H,1-10H2. The van der Waals surface area contributed by atoms with Crippen molar-refractivity contribution in [2.45, 2.75) is 82.3 Å². The Kier molecular flexibility index (Phi) is 3.51. The lowest BCUT2D eigenvalue weighted by molar-refractivity contribution is 0.170. The van der Waals surface area contributed by atoms with Gasteiger partial charge in [0.1, 0.15) is 12.2 Å². The molecule has 1 N–H and O–H groups in total. The summed E-state index contributed by atoms with van der Waals surface area (Å²) in [4.78, 5) is 0. The molecule has 0 radical (unpaired) electrons. The molecule has 1 aliphatic heterocycles. The Labute approximate surface area is 121 Å².